The maximum atomic E-state index is 11.9. The summed E-state index contributed by atoms with van der Waals surface area (Å²) in [6, 6.07) is 0. The van der Waals surface area contributed by atoms with Gasteiger partial charge in [0.05, 0.1) is 24.7 Å². The fourth-order valence-corrected chi connectivity index (χ4v) is 3.55. The van der Waals surface area contributed by atoms with Crippen LogP contribution in [0.1, 0.15) is 13.3 Å². The van der Waals surface area contributed by atoms with E-state index >= 15 is 0 Å². The van der Waals surface area contributed by atoms with Crippen LogP contribution in [0.3, 0.4) is 0 Å². The number of morpholine rings is 1. The first-order valence-corrected chi connectivity index (χ1v) is 10.3. The molecular formula is C18H29N7O5. The van der Waals surface area contributed by atoms with Crippen molar-refractivity contribution in [1.82, 2.24) is 19.8 Å². The van der Waals surface area contributed by atoms with Crippen molar-refractivity contribution in [1.29, 1.82) is 0 Å². The van der Waals surface area contributed by atoms with Crippen molar-refractivity contribution in [3.63, 3.8) is 0 Å². The summed E-state index contributed by atoms with van der Waals surface area (Å²) in [5, 5.41) is 14.9. The average Bonchev–Trinajstić information content (AvgIpc) is 2.77. The van der Waals surface area contributed by atoms with Gasteiger partial charge in [-0.3, -0.25) is 15.0 Å². The van der Waals surface area contributed by atoms with Crippen molar-refractivity contribution in [2.24, 2.45) is 0 Å². The molecule has 0 aromatic carbocycles. The topological polar surface area (TPSA) is 126 Å². The summed E-state index contributed by atoms with van der Waals surface area (Å²) in [5.41, 5.74) is -0.131. The molecule has 1 N–H and O–H groups in total. The largest absolute Gasteiger partial charge is 0.450 e. The van der Waals surface area contributed by atoms with E-state index in [2.05, 4.69) is 20.2 Å². The first kappa shape index (κ1) is 22.0. The average molecular weight is 423 g/mol. The number of carbonyl (C=O) groups is 1. The number of hydrogen-bond acceptors (Lipinski definition) is 10. The van der Waals surface area contributed by atoms with Gasteiger partial charge in [-0.25, -0.2) is 14.8 Å². The third-order valence-electron chi connectivity index (χ3n) is 5.14. The number of amides is 1. The number of nitrogens with one attached hydrogen (secondary N) is 1. The van der Waals surface area contributed by atoms with Gasteiger partial charge in [-0.05, 0) is 19.9 Å². The fourth-order valence-electron chi connectivity index (χ4n) is 3.55. The molecule has 2 aliphatic rings. The molecule has 2 saturated heterocycles. The van der Waals surface area contributed by atoms with Crippen LogP contribution in [-0.2, 0) is 9.47 Å². The number of aromatic nitrogens is 2. The molecule has 12 heteroatoms. The number of piperazine rings is 1. The first-order valence-electron chi connectivity index (χ1n) is 10.3. The molecule has 2 fully saturated rings. The Kier molecular flexibility index (Phi) is 7.97. The van der Waals surface area contributed by atoms with E-state index in [4.69, 9.17) is 9.47 Å². The minimum absolute atomic E-state index is 0.131. The van der Waals surface area contributed by atoms with Gasteiger partial charge in [0, 0.05) is 45.8 Å². The van der Waals surface area contributed by atoms with E-state index in [1.54, 1.807) is 11.8 Å². The van der Waals surface area contributed by atoms with E-state index in [1.807, 2.05) is 4.90 Å². The number of rotatable bonds is 8. The summed E-state index contributed by atoms with van der Waals surface area (Å²) < 4.78 is 10.4. The van der Waals surface area contributed by atoms with Crippen LogP contribution in [0.2, 0.25) is 0 Å². The van der Waals surface area contributed by atoms with Crippen LogP contribution in [0.4, 0.5) is 22.1 Å². The van der Waals surface area contributed by atoms with Gasteiger partial charge in [0.15, 0.2) is 0 Å². The van der Waals surface area contributed by atoms with E-state index in [-0.39, 0.29) is 23.4 Å². The standard InChI is InChI=1S/C18H29N7O5/c1-2-30-18(26)24-8-6-23(7-9-24)17-15(25(27)28)16(20-14-21-17)19-4-3-5-22-10-12-29-13-11-22/h14H,2-13H2,1H3,(H,19,20,21). The Bertz CT molecular complexity index is 721. The van der Waals surface area contributed by atoms with E-state index in [0.29, 0.717) is 39.3 Å². The molecular weight excluding hydrogens is 394 g/mol. The molecule has 1 aromatic heterocycles. The van der Waals surface area contributed by atoms with Crippen molar-refractivity contribution in [2.75, 3.05) is 82.4 Å². The number of carbonyl (C=O) groups excluding carboxylic acids is 1. The van der Waals surface area contributed by atoms with Crippen LogP contribution in [0, 0.1) is 10.1 Å². The highest BCUT2D eigenvalue weighted by molar-refractivity contribution is 5.71. The van der Waals surface area contributed by atoms with Gasteiger partial charge in [0.1, 0.15) is 6.33 Å². The molecule has 0 bridgehead atoms. The molecule has 1 amide bonds. The van der Waals surface area contributed by atoms with Gasteiger partial charge in [0.2, 0.25) is 11.6 Å². The summed E-state index contributed by atoms with van der Waals surface area (Å²) in [5.74, 6) is 0.494. The first-order chi connectivity index (χ1) is 14.6. The highest BCUT2D eigenvalue weighted by Crippen LogP contribution is 2.32. The van der Waals surface area contributed by atoms with E-state index < -0.39 is 4.92 Å². The quantitative estimate of drug-likeness (QED) is 0.364. The maximum absolute atomic E-state index is 11.9. The lowest BCUT2D eigenvalue weighted by Crippen LogP contribution is -2.49. The molecule has 2 aliphatic heterocycles. The van der Waals surface area contributed by atoms with Crippen LogP contribution >= 0.6 is 0 Å². The molecule has 0 unspecified atom stereocenters. The van der Waals surface area contributed by atoms with Crippen LogP contribution in [0.15, 0.2) is 6.33 Å². The second-order valence-corrected chi connectivity index (χ2v) is 7.06. The Morgan fingerprint density at radius 1 is 1.23 bits per heavy atom. The Labute approximate surface area is 175 Å². The zero-order valence-electron chi connectivity index (χ0n) is 17.3. The summed E-state index contributed by atoms with van der Waals surface area (Å²) in [4.78, 5) is 37.2. The van der Waals surface area contributed by atoms with Gasteiger partial charge in [-0.1, -0.05) is 0 Å². The molecule has 0 aliphatic carbocycles. The molecule has 0 spiro atoms. The van der Waals surface area contributed by atoms with Crippen LogP contribution in [-0.4, -0.2) is 103 Å². The molecule has 0 atom stereocenters. The summed E-state index contributed by atoms with van der Waals surface area (Å²) in [6.45, 7) is 8.58. The maximum Gasteiger partial charge on any atom is 0.409 e. The van der Waals surface area contributed by atoms with Gasteiger partial charge < -0.3 is 24.6 Å². The Morgan fingerprint density at radius 2 is 1.97 bits per heavy atom. The molecule has 3 rings (SSSR count). The van der Waals surface area contributed by atoms with Crippen LogP contribution < -0.4 is 10.2 Å². The molecule has 30 heavy (non-hydrogen) atoms. The predicted molar refractivity (Wildman–Crippen MR) is 110 cm³/mol. The normalized spacial score (nSPS) is 17.6. The van der Waals surface area contributed by atoms with E-state index in [9.17, 15) is 14.9 Å². The molecule has 0 radical (unpaired) electrons. The van der Waals surface area contributed by atoms with Crippen molar-refractivity contribution in [3.05, 3.63) is 16.4 Å². The summed E-state index contributed by atoms with van der Waals surface area (Å²) in [7, 11) is 0. The van der Waals surface area contributed by atoms with Gasteiger partial charge in [-0.2, -0.15) is 0 Å². The van der Waals surface area contributed by atoms with Crippen LogP contribution in [0.25, 0.3) is 0 Å². The lowest BCUT2D eigenvalue weighted by Gasteiger charge is -2.34. The molecule has 3 heterocycles. The Morgan fingerprint density at radius 3 is 2.63 bits per heavy atom. The highest BCUT2D eigenvalue weighted by Gasteiger charge is 2.30. The van der Waals surface area contributed by atoms with Crippen molar-refractivity contribution >= 4 is 23.4 Å². The molecule has 166 valence electrons. The number of hydrogen-bond donors (Lipinski definition) is 1. The molecule has 0 saturated carbocycles. The van der Waals surface area contributed by atoms with Crippen LogP contribution in [0.5, 0.6) is 0 Å². The smallest absolute Gasteiger partial charge is 0.409 e. The van der Waals surface area contributed by atoms with Gasteiger partial charge in [-0.15, -0.1) is 0 Å². The number of ether oxygens (including phenoxy) is 2. The zero-order valence-corrected chi connectivity index (χ0v) is 17.3. The Balaban J connectivity index is 1.59. The minimum atomic E-state index is -0.447. The van der Waals surface area contributed by atoms with E-state index in [0.717, 1.165) is 39.3 Å². The summed E-state index contributed by atoms with van der Waals surface area (Å²) >= 11 is 0. The minimum Gasteiger partial charge on any atom is -0.450 e. The SMILES string of the molecule is CCOC(=O)N1CCN(c2ncnc(NCCCN3CCOCC3)c2[N+](=O)[O-])CC1. The number of nitrogens with zero attached hydrogens (tertiary/aromatic N) is 6. The number of nitro groups is 1. The molecule has 12 nitrogen and oxygen atoms in total. The lowest BCUT2D eigenvalue weighted by molar-refractivity contribution is -0.383. The Hall–Kier alpha value is -2.73. The predicted octanol–water partition coefficient (Wildman–Crippen LogP) is 0.798. The van der Waals surface area contributed by atoms with Crippen molar-refractivity contribution in [3.8, 4) is 0 Å². The third-order valence-corrected chi connectivity index (χ3v) is 5.14. The van der Waals surface area contributed by atoms with E-state index in [1.165, 1.54) is 6.33 Å². The second kappa shape index (κ2) is 10.9. The number of anilines is 2. The zero-order chi connectivity index (χ0) is 21.3. The van der Waals surface area contributed by atoms with Crippen molar-refractivity contribution < 1.29 is 19.2 Å². The lowest BCUT2D eigenvalue weighted by atomic mass is 10.3. The van der Waals surface area contributed by atoms with Crippen molar-refractivity contribution in [2.45, 2.75) is 13.3 Å². The van der Waals surface area contributed by atoms with Gasteiger partial charge in [0.25, 0.3) is 0 Å². The highest BCUT2D eigenvalue weighted by atomic mass is 16.6. The third kappa shape index (κ3) is 5.66. The second-order valence-electron chi connectivity index (χ2n) is 7.06. The molecule has 1 aromatic rings. The van der Waals surface area contributed by atoms with Gasteiger partial charge >= 0.3 is 11.8 Å². The fraction of sp³-hybridized carbons (Fsp3) is 0.722. The summed E-state index contributed by atoms with van der Waals surface area (Å²) in [6.07, 6.45) is 1.82. The monoisotopic (exact) mass is 423 g/mol.